The predicted molar refractivity (Wildman–Crippen MR) is 72.2 cm³/mol. The van der Waals surface area contributed by atoms with Crippen LogP contribution in [-0.4, -0.2) is 43.4 Å². The Kier molecular flexibility index (Phi) is 6.96. The summed E-state index contributed by atoms with van der Waals surface area (Å²) in [5.74, 6) is 0.584. The molecule has 19 heavy (non-hydrogen) atoms. The van der Waals surface area contributed by atoms with Crippen LogP contribution in [0, 0.1) is 0 Å². The summed E-state index contributed by atoms with van der Waals surface area (Å²) in [6.07, 6.45) is 3.21. The van der Waals surface area contributed by atoms with E-state index in [-0.39, 0.29) is 12.3 Å². The maximum Gasteiger partial charge on any atom is 0.227 e. The van der Waals surface area contributed by atoms with Gasteiger partial charge in [0.2, 0.25) is 15.9 Å². The molecular weight excluding hydrogens is 268 g/mol. The standard InChI is InChI=1S/C11H22N4O3S/c1-10(2)12-6-3-4-8-19(16,17)15-7-5-11-13-9-14-18-11/h9-10,12,15H,3-8H2,1-2H3. The Morgan fingerprint density at radius 3 is 2.74 bits per heavy atom. The molecule has 0 aliphatic heterocycles. The van der Waals surface area contributed by atoms with Crippen LogP contribution in [0.15, 0.2) is 10.9 Å². The molecule has 0 fully saturated rings. The van der Waals surface area contributed by atoms with Gasteiger partial charge in [0.25, 0.3) is 0 Å². The van der Waals surface area contributed by atoms with Gasteiger partial charge in [0.05, 0.1) is 5.75 Å². The average Bonchev–Trinajstić information content (AvgIpc) is 2.80. The molecule has 0 aromatic carbocycles. The summed E-state index contributed by atoms with van der Waals surface area (Å²) in [5.41, 5.74) is 0. The fourth-order valence-corrected chi connectivity index (χ4v) is 2.64. The van der Waals surface area contributed by atoms with Gasteiger partial charge in [-0.2, -0.15) is 4.98 Å². The van der Waals surface area contributed by atoms with E-state index in [0.29, 0.717) is 24.8 Å². The zero-order chi connectivity index (χ0) is 14.1. The number of unbranched alkanes of at least 4 members (excludes halogenated alkanes) is 1. The van der Waals surface area contributed by atoms with Gasteiger partial charge in [0.1, 0.15) is 0 Å². The summed E-state index contributed by atoms with van der Waals surface area (Å²) in [5, 5.41) is 6.70. The zero-order valence-corrected chi connectivity index (χ0v) is 12.2. The summed E-state index contributed by atoms with van der Waals surface area (Å²) in [6, 6.07) is 0.434. The van der Waals surface area contributed by atoms with Crippen molar-refractivity contribution in [2.75, 3.05) is 18.8 Å². The van der Waals surface area contributed by atoms with Crippen molar-refractivity contribution in [2.24, 2.45) is 0 Å². The molecule has 0 bridgehead atoms. The van der Waals surface area contributed by atoms with Gasteiger partial charge in [-0.15, -0.1) is 0 Å². The highest BCUT2D eigenvalue weighted by atomic mass is 32.2. The lowest BCUT2D eigenvalue weighted by atomic mass is 10.3. The number of aromatic nitrogens is 2. The Balaban J connectivity index is 2.10. The monoisotopic (exact) mass is 290 g/mol. The largest absolute Gasteiger partial charge is 0.340 e. The second-order valence-electron chi connectivity index (χ2n) is 4.61. The van der Waals surface area contributed by atoms with Gasteiger partial charge in [-0.1, -0.05) is 19.0 Å². The summed E-state index contributed by atoms with van der Waals surface area (Å²) in [7, 11) is -3.20. The quantitative estimate of drug-likeness (QED) is 0.602. The molecular formula is C11H22N4O3S. The fourth-order valence-electron chi connectivity index (χ4n) is 1.50. The van der Waals surface area contributed by atoms with Crippen molar-refractivity contribution in [3.05, 3.63) is 12.2 Å². The van der Waals surface area contributed by atoms with E-state index >= 15 is 0 Å². The van der Waals surface area contributed by atoms with Gasteiger partial charge in [0, 0.05) is 19.0 Å². The first-order valence-corrected chi connectivity index (χ1v) is 8.11. The predicted octanol–water partition coefficient (Wildman–Crippen LogP) is 0.310. The van der Waals surface area contributed by atoms with Crippen LogP contribution in [0.3, 0.4) is 0 Å². The van der Waals surface area contributed by atoms with Gasteiger partial charge < -0.3 is 9.84 Å². The highest BCUT2D eigenvalue weighted by molar-refractivity contribution is 7.89. The minimum atomic E-state index is -3.20. The molecule has 0 saturated heterocycles. The van der Waals surface area contributed by atoms with E-state index in [1.54, 1.807) is 0 Å². The van der Waals surface area contributed by atoms with Gasteiger partial charge in [-0.25, -0.2) is 13.1 Å². The molecule has 0 radical (unpaired) electrons. The van der Waals surface area contributed by atoms with Crippen LogP contribution in [0.2, 0.25) is 0 Å². The maximum atomic E-state index is 11.7. The van der Waals surface area contributed by atoms with E-state index in [2.05, 4.69) is 34.0 Å². The molecule has 0 aliphatic carbocycles. The van der Waals surface area contributed by atoms with Crippen molar-refractivity contribution in [3.8, 4) is 0 Å². The molecule has 2 N–H and O–H groups in total. The lowest BCUT2D eigenvalue weighted by Crippen LogP contribution is -2.29. The minimum Gasteiger partial charge on any atom is -0.340 e. The van der Waals surface area contributed by atoms with E-state index in [1.165, 1.54) is 6.33 Å². The number of sulfonamides is 1. The summed E-state index contributed by atoms with van der Waals surface area (Å²) in [6.45, 7) is 5.26. The van der Waals surface area contributed by atoms with Crippen LogP contribution >= 0.6 is 0 Å². The minimum absolute atomic E-state index is 0.149. The molecule has 1 rings (SSSR count). The van der Waals surface area contributed by atoms with Crippen molar-refractivity contribution in [1.82, 2.24) is 20.2 Å². The molecule has 0 unspecified atom stereocenters. The van der Waals surface area contributed by atoms with E-state index in [4.69, 9.17) is 4.52 Å². The van der Waals surface area contributed by atoms with Crippen LogP contribution in [-0.2, 0) is 16.4 Å². The van der Waals surface area contributed by atoms with Gasteiger partial charge in [-0.3, -0.25) is 0 Å². The highest BCUT2D eigenvalue weighted by Gasteiger charge is 2.10. The normalized spacial score (nSPS) is 12.2. The summed E-state index contributed by atoms with van der Waals surface area (Å²) < 4.78 is 30.6. The molecule has 0 atom stereocenters. The molecule has 0 spiro atoms. The number of hydrogen-bond acceptors (Lipinski definition) is 6. The van der Waals surface area contributed by atoms with Crippen LogP contribution < -0.4 is 10.0 Å². The van der Waals surface area contributed by atoms with Crippen LogP contribution in [0.1, 0.15) is 32.6 Å². The lowest BCUT2D eigenvalue weighted by molar-refractivity contribution is 0.377. The van der Waals surface area contributed by atoms with Crippen molar-refractivity contribution in [3.63, 3.8) is 0 Å². The van der Waals surface area contributed by atoms with E-state index in [1.807, 2.05) is 0 Å². The molecule has 110 valence electrons. The summed E-state index contributed by atoms with van der Waals surface area (Å²) >= 11 is 0. The maximum absolute atomic E-state index is 11.7. The zero-order valence-electron chi connectivity index (χ0n) is 11.4. The second-order valence-corrected chi connectivity index (χ2v) is 6.54. The summed E-state index contributed by atoms with van der Waals surface area (Å²) in [4.78, 5) is 3.82. The van der Waals surface area contributed by atoms with Crippen LogP contribution in [0.4, 0.5) is 0 Å². The molecule has 0 aliphatic rings. The Labute approximate surface area is 114 Å². The molecule has 8 heteroatoms. The third-order valence-electron chi connectivity index (χ3n) is 2.46. The van der Waals surface area contributed by atoms with Crippen LogP contribution in [0.5, 0.6) is 0 Å². The topological polar surface area (TPSA) is 97.1 Å². The van der Waals surface area contributed by atoms with Gasteiger partial charge in [-0.05, 0) is 19.4 Å². The fraction of sp³-hybridized carbons (Fsp3) is 0.818. The van der Waals surface area contributed by atoms with Crippen molar-refractivity contribution in [2.45, 2.75) is 39.2 Å². The van der Waals surface area contributed by atoms with Crippen LogP contribution in [0.25, 0.3) is 0 Å². The molecule has 0 amide bonds. The average molecular weight is 290 g/mol. The SMILES string of the molecule is CC(C)NCCCCS(=O)(=O)NCCc1ncno1. The third-order valence-corrected chi connectivity index (χ3v) is 3.93. The third kappa shape index (κ3) is 7.91. The molecule has 1 heterocycles. The smallest absolute Gasteiger partial charge is 0.227 e. The van der Waals surface area contributed by atoms with E-state index < -0.39 is 10.0 Å². The lowest BCUT2D eigenvalue weighted by Gasteiger charge is -2.08. The Hall–Kier alpha value is -0.990. The Bertz CT molecular complexity index is 431. The second kappa shape index (κ2) is 8.23. The van der Waals surface area contributed by atoms with Crippen molar-refractivity contribution >= 4 is 10.0 Å². The Morgan fingerprint density at radius 2 is 2.11 bits per heavy atom. The first-order valence-electron chi connectivity index (χ1n) is 6.46. The van der Waals surface area contributed by atoms with Gasteiger partial charge in [0.15, 0.2) is 6.33 Å². The number of hydrogen-bond donors (Lipinski definition) is 2. The molecule has 1 aromatic heterocycles. The number of nitrogens with one attached hydrogen (secondary N) is 2. The molecule has 7 nitrogen and oxygen atoms in total. The number of rotatable bonds is 10. The number of nitrogens with zero attached hydrogens (tertiary/aromatic N) is 2. The molecule has 1 aromatic rings. The first-order chi connectivity index (χ1) is 8.99. The van der Waals surface area contributed by atoms with Gasteiger partial charge >= 0.3 is 0 Å². The van der Waals surface area contributed by atoms with Crippen molar-refractivity contribution in [1.29, 1.82) is 0 Å². The Morgan fingerprint density at radius 1 is 1.32 bits per heavy atom. The highest BCUT2D eigenvalue weighted by Crippen LogP contribution is 1.96. The molecule has 0 saturated carbocycles. The van der Waals surface area contributed by atoms with Crippen molar-refractivity contribution < 1.29 is 12.9 Å². The van der Waals surface area contributed by atoms with E-state index in [0.717, 1.165) is 13.0 Å². The van der Waals surface area contributed by atoms with E-state index in [9.17, 15) is 8.42 Å². The first kappa shape index (κ1) is 16.1.